The molecule has 2 aromatic rings. The second-order valence-corrected chi connectivity index (χ2v) is 8.12. The molecule has 0 amide bonds. The van der Waals surface area contributed by atoms with Gasteiger partial charge in [0.25, 0.3) is 10.0 Å². The third kappa shape index (κ3) is 4.54. The minimum Gasteiger partial charge on any atom is -0.280 e. The molecule has 0 atom stereocenters. The minimum absolute atomic E-state index is 0.0584. The van der Waals surface area contributed by atoms with Crippen molar-refractivity contribution in [3.05, 3.63) is 59.7 Å². The maximum absolute atomic E-state index is 12.5. The van der Waals surface area contributed by atoms with Crippen LogP contribution < -0.4 is 4.72 Å². The van der Waals surface area contributed by atoms with Gasteiger partial charge in [-0.15, -0.1) is 0 Å². The van der Waals surface area contributed by atoms with E-state index in [1.54, 1.807) is 12.1 Å². The van der Waals surface area contributed by atoms with E-state index in [0.717, 1.165) is 36.2 Å². The zero-order chi connectivity index (χ0) is 18.9. The van der Waals surface area contributed by atoms with Gasteiger partial charge in [0.15, 0.2) is 0 Å². The van der Waals surface area contributed by atoms with Crippen LogP contribution in [0.1, 0.15) is 38.3 Å². The standard InChI is InChI=1S/C18H20F3NO2S/c1-4-17(2,3)13-7-11-16(12-8-13)25(23,24)22-15-9-5-14(6-10-15)18(19,20)21/h5-12,22H,4H2,1-3H3. The highest BCUT2D eigenvalue weighted by atomic mass is 32.2. The fourth-order valence-corrected chi connectivity index (χ4v) is 3.29. The monoisotopic (exact) mass is 371 g/mol. The van der Waals surface area contributed by atoms with E-state index in [1.165, 1.54) is 12.1 Å². The molecule has 3 nitrogen and oxygen atoms in total. The molecule has 7 heteroatoms. The lowest BCUT2D eigenvalue weighted by Crippen LogP contribution is -2.17. The number of halogens is 3. The summed E-state index contributed by atoms with van der Waals surface area (Å²) in [5, 5.41) is 0. The Morgan fingerprint density at radius 1 is 0.880 bits per heavy atom. The van der Waals surface area contributed by atoms with Gasteiger partial charge in [0, 0.05) is 5.69 Å². The van der Waals surface area contributed by atoms with Crippen LogP contribution in [0, 0.1) is 0 Å². The van der Waals surface area contributed by atoms with Crippen molar-refractivity contribution in [3.8, 4) is 0 Å². The van der Waals surface area contributed by atoms with Crippen LogP contribution in [-0.2, 0) is 21.6 Å². The Balaban J connectivity index is 2.22. The highest BCUT2D eigenvalue weighted by Crippen LogP contribution is 2.31. The first-order valence-electron chi connectivity index (χ1n) is 7.76. The van der Waals surface area contributed by atoms with Crippen LogP contribution in [-0.4, -0.2) is 8.42 Å². The molecule has 0 saturated heterocycles. The molecule has 0 aliphatic rings. The van der Waals surface area contributed by atoms with E-state index in [4.69, 9.17) is 0 Å². The number of hydrogen-bond donors (Lipinski definition) is 1. The number of sulfonamides is 1. The molecule has 1 N–H and O–H groups in total. The number of benzene rings is 2. The van der Waals surface area contributed by atoms with Crippen LogP contribution in [0.25, 0.3) is 0 Å². The quantitative estimate of drug-likeness (QED) is 0.786. The summed E-state index contributed by atoms with van der Waals surface area (Å²) < 4.78 is 64.7. The van der Waals surface area contributed by atoms with E-state index >= 15 is 0 Å². The van der Waals surface area contributed by atoms with Gasteiger partial charge in [0.2, 0.25) is 0 Å². The van der Waals surface area contributed by atoms with Crippen molar-refractivity contribution < 1.29 is 21.6 Å². The zero-order valence-corrected chi connectivity index (χ0v) is 15.0. The third-order valence-corrected chi connectivity index (χ3v) is 5.69. The molecule has 0 fully saturated rings. The van der Waals surface area contributed by atoms with Gasteiger partial charge in [0.05, 0.1) is 10.5 Å². The molecule has 25 heavy (non-hydrogen) atoms. The van der Waals surface area contributed by atoms with Crippen LogP contribution in [0.4, 0.5) is 18.9 Å². The Hall–Kier alpha value is -2.02. The van der Waals surface area contributed by atoms with Crippen LogP contribution >= 0.6 is 0 Å². The first-order chi connectivity index (χ1) is 11.5. The van der Waals surface area contributed by atoms with E-state index in [-0.39, 0.29) is 16.0 Å². The van der Waals surface area contributed by atoms with Crippen molar-refractivity contribution in [2.45, 2.75) is 43.7 Å². The largest absolute Gasteiger partial charge is 0.416 e. The van der Waals surface area contributed by atoms with Crippen molar-refractivity contribution in [2.24, 2.45) is 0 Å². The molecular weight excluding hydrogens is 351 g/mol. The topological polar surface area (TPSA) is 46.2 Å². The van der Waals surface area contributed by atoms with E-state index in [2.05, 4.69) is 25.5 Å². The van der Waals surface area contributed by atoms with E-state index in [9.17, 15) is 21.6 Å². The summed E-state index contributed by atoms with van der Waals surface area (Å²) in [6, 6.07) is 10.4. The first-order valence-corrected chi connectivity index (χ1v) is 9.25. The smallest absolute Gasteiger partial charge is 0.280 e. The second kappa shape index (κ2) is 6.71. The van der Waals surface area contributed by atoms with Crippen LogP contribution in [0.15, 0.2) is 53.4 Å². The summed E-state index contributed by atoms with van der Waals surface area (Å²) in [7, 11) is -3.86. The Morgan fingerprint density at radius 3 is 1.80 bits per heavy atom. The van der Waals surface area contributed by atoms with Crippen LogP contribution in [0.3, 0.4) is 0 Å². The van der Waals surface area contributed by atoms with Gasteiger partial charge in [-0.3, -0.25) is 4.72 Å². The molecule has 0 unspecified atom stereocenters. The summed E-state index contributed by atoms with van der Waals surface area (Å²) in [6.07, 6.45) is -3.55. The number of hydrogen-bond acceptors (Lipinski definition) is 2. The minimum atomic E-state index is -4.46. The summed E-state index contributed by atoms with van der Waals surface area (Å²) in [6.45, 7) is 6.19. The molecule has 0 spiro atoms. The molecule has 0 saturated carbocycles. The highest BCUT2D eigenvalue weighted by Gasteiger charge is 2.30. The summed E-state index contributed by atoms with van der Waals surface area (Å²) in [5.41, 5.74) is 0.194. The molecule has 0 aromatic heterocycles. The Bertz CT molecular complexity index is 824. The van der Waals surface area contributed by atoms with Crippen molar-refractivity contribution >= 4 is 15.7 Å². The second-order valence-electron chi connectivity index (χ2n) is 6.44. The molecule has 0 aliphatic heterocycles. The average molecular weight is 371 g/mol. The Morgan fingerprint density at radius 2 is 1.36 bits per heavy atom. The maximum atomic E-state index is 12.5. The molecule has 136 valence electrons. The Kier molecular flexibility index (Phi) is 5.18. The molecule has 0 bridgehead atoms. The predicted octanol–water partition coefficient (Wildman–Crippen LogP) is 5.19. The molecule has 2 aromatic carbocycles. The normalized spacial score (nSPS) is 12.9. The van der Waals surface area contributed by atoms with Crippen molar-refractivity contribution in [1.82, 2.24) is 0 Å². The van der Waals surface area contributed by atoms with E-state index in [1.807, 2.05) is 0 Å². The van der Waals surface area contributed by atoms with Gasteiger partial charge in [-0.25, -0.2) is 8.42 Å². The summed E-state index contributed by atoms with van der Waals surface area (Å²) in [5.74, 6) is 0. The fraction of sp³-hybridized carbons (Fsp3) is 0.333. The molecule has 0 radical (unpaired) electrons. The fourth-order valence-electron chi connectivity index (χ4n) is 2.23. The van der Waals surface area contributed by atoms with Gasteiger partial charge in [0.1, 0.15) is 0 Å². The van der Waals surface area contributed by atoms with Gasteiger partial charge >= 0.3 is 6.18 Å². The van der Waals surface area contributed by atoms with Gasteiger partial charge in [-0.1, -0.05) is 32.9 Å². The maximum Gasteiger partial charge on any atom is 0.416 e. The lowest BCUT2D eigenvalue weighted by Gasteiger charge is -2.23. The number of anilines is 1. The lowest BCUT2D eigenvalue weighted by atomic mass is 9.82. The molecule has 0 aliphatic carbocycles. The molecule has 2 rings (SSSR count). The Labute approximate surface area is 145 Å². The van der Waals surface area contributed by atoms with Gasteiger partial charge in [-0.05, 0) is 53.8 Å². The van der Waals surface area contributed by atoms with Crippen LogP contribution in [0.5, 0.6) is 0 Å². The van der Waals surface area contributed by atoms with Crippen molar-refractivity contribution in [2.75, 3.05) is 4.72 Å². The molecular formula is C18H20F3NO2S. The number of alkyl halides is 3. The van der Waals surface area contributed by atoms with Gasteiger partial charge in [-0.2, -0.15) is 13.2 Å². The van der Waals surface area contributed by atoms with E-state index in [0.29, 0.717) is 0 Å². The van der Waals surface area contributed by atoms with Crippen LogP contribution in [0.2, 0.25) is 0 Å². The molecule has 0 heterocycles. The van der Waals surface area contributed by atoms with Crippen molar-refractivity contribution in [3.63, 3.8) is 0 Å². The summed E-state index contributed by atoms with van der Waals surface area (Å²) >= 11 is 0. The van der Waals surface area contributed by atoms with Crippen molar-refractivity contribution in [1.29, 1.82) is 0 Å². The number of nitrogens with one attached hydrogen (secondary N) is 1. The SMILES string of the molecule is CCC(C)(C)c1ccc(S(=O)(=O)Nc2ccc(C(F)(F)F)cc2)cc1. The summed E-state index contributed by atoms with van der Waals surface area (Å²) in [4.78, 5) is 0.0584. The lowest BCUT2D eigenvalue weighted by molar-refractivity contribution is -0.137. The van der Waals surface area contributed by atoms with E-state index < -0.39 is 21.8 Å². The predicted molar refractivity (Wildman–Crippen MR) is 92.0 cm³/mol. The zero-order valence-electron chi connectivity index (χ0n) is 14.2. The highest BCUT2D eigenvalue weighted by molar-refractivity contribution is 7.92. The third-order valence-electron chi connectivity index (χ3n) is 4.29. The van der Waals surface area contributed by atoms with Gasteiger partial charge < -0.3 is 0 Å². The number of rotatable bonds is 5. The average Bonchev–Trinajstić information content (AvgIpc) is 2.54. The first kappa shape index (κ1) is 19.3.